The Bertz CT molecular complexity index is 1190. The van der Waals surface area contributed by atoms with Crippen molar-refractivity contribution in [3.05, 3.63) is 82.5 Å². The third-order valence-corrected chi connectivity index (χ3v) is 8.38. The molecule has 0 radical (unpaired) electrons. The number of nitrogens with zero attached hydrogens (tertiary/aromatic N) is 1. The fraction of sp³-hybridized carbons (Fsp3) is 0.360. The first-order valence-corrected chi connectivity index (χ1v) is 13.7. The van der Waals surface area contributed by atoms with Gasteiger partial charge in [0, 0.05) is 17.3 Å². The molecule has 1 amide bonds. The summed E-state index contributed by atoms with van der Waals surface area (Å²) in [6.45, 7) is 0.404. The van der Waals surface area contributed by atoms with E-state index in [0.29, 0.717) is 16.9 Å². The molecular weight excluding hydrogens is 504 g/mol. The maximum atomic E-state index is 13.7. The second-order valence-corrected chi connectivity index (χ2v) is 11.4. The van der Waals surface area contributed by atoms with E-state index in [2.05, 4.69) is 26.2 Å². The Hall–Kier alpha value is -2.45. The average Bonchev–Trinajstić information content (AvgIpc) is 3.50. The second-order valence-electron chi connectivity index (χ2n) is 8.58. The SMILES string of the molecule is CS(=O)(=O)c1ccc(C(C(=O)NCc2ccccc2)C(c2ncco2)C2CCCC2)cc1Br. The van der Waals surface area contributed by atoms with Crippen molar-refractivity contribution in [2.75, 3.05) is 6.26 Å². The Morgan fingerprint density at radius 1 is 1.18 bits per heavy atom. The number of aromatic nitrogens is 1. The minimum atomic E-state index is -3.40. The van der Waals surface area contributed by atoms with Crippen LogP contribution in [0.2, 0.25) is 0 Å². The number of rotatable bonds is 8. The summed E-state index contributed by atoms with van der Waals surface area (Å²) < 4.78 is 30.4. The molecule has 8 heteroatoms. The summed E-state index contributed by atoms with van der Waals surface area (Å²) in [5.41, 5.74) is 1.74. The summed E-state index contributed by atoms with van der Waals surface area (Å²) in [7, 11) is -3.40. The molecule has 1 heterocycles. The number of carbonyl (C=O) groups is 1. The molecule has 1 aliphatic carbocycles. The summed E-state index contributed by atoms with van der Waals surface area (Å²) in [6, 6.07) is 14.8. The van der Waals surface area contributed by atoms with Gasteiger partial charge in [-0.2, -0.15) is 0 Å². The molecule has 1 aromatic heterocycles. The van der Waals surface area contributed by atoms with Crippen molar-refractivity contribution in [1.82, 2.24) is 10.3 Å². The van der Waals surface area contributed by atoms with Crippen LogP contribution in [0.1, 0.15) is 54.5 Å². The van der Waals surface area contributed by atoms with E-state index in [4.69, 9.17) is 4.42 Å². The van der Waals surface area contributed by atoms with Gasteiger partial charge in [-0.15, -0.1) is 0 Å². The first-order valence-electron chi connectivity index (χ1n) is 11.0. The van der Waals surface area contributed by atoms with E-state index in [1.54, 1.807) is 30.7 Å². The molecule has 1 fully saturated rings. The number of oxazole rings is 1. The number of halogens is 1. The van der Waals surface area contributed by atoms with Crippen LogP contribution >= 0.6 is 15.9 Å². The van der Waals surface area contributed by atoms with Gasteiger partial charge in [0.15, 0.2) is 15.7 Å². The highest BCUT2D eigenvalue weighted by Gasteiger charge is 2.40. The fourth-order valence-electron chi connectivity index (χ4n) is 4.76. The Labute approximate surface area is 202 Å². The number of sulfone groups is 1. The number of amides is 1. The van der Waals surface area contributed by atoms with Crippen molar-refractivity contribution in [2.45, 2.75) is 49.0 Å². The quantitative estimate of drug-likeness (QED) is 0.431. The van der Waals surface area contributed by atoms with E-state index in [1.807, 2.05) is 30.3 Å². The van der Waals surface area contributed by atoms with E-state index in [-0.39, 0.29) is 22.6 Å². The van der Waals surface area contributed by atoms with Gasteiger partial charge in [0.1, 0.15) is 6.26 Å². The predicted molar refractivity (Wildman–Crippen MR) is 129 cm³/mol. The molecule has 6 nitrogen and oxygen atoms in total. The summed E-state index contributed by atoms with van der Waals surface area (Å²) >= 11 is 3.41. The normalized spacial score (nSPS) is 16.4. The van der Waals surface area contributed by atoms with Crippen molar-refractivity contribution in [3.8, 4) is 0 Å². The van der Waals surface area contributed by atoms with Crippen LogP contribution in [0.5, 0.6) is 0 Å². The average molecular weight is 531 g/mol. The van der Waals surface area contributed by atoms with Crippen LogP contribution in [-0.4, -0.2) is 25.6 Å². The van der Waals surface area contributed by atoms with E-state index < -0.39 is 15.8 Å². The van der Waals surface area contributed by atoms with Gasteiger partial charge < -0.3 is 9.73 Å². The first-order chi connectivity index (χ1) is 15.8. The highest BCUT2D eigenvalue weighted by atomic mass is 79.9. The van der Waals surface area contributed by atoms with Crippen LogP contribution in [-0.2, 0) is 21.2 Å². The van der Waals surface area contributed by atoms with Gasteiger partial charge in [-0.25, -0.2) is 13.4 Å². The van der Waals surface area contributed by atoms with E-state index in [1.165, 1.54) is 6.26 Å². The number of benzene rings is 2. The monoisotopic (exact) mass is 530 g/mol. The van der Waals surface area contributed by atoms with E-state index >= 15 is 0 Å². The van der Waals surface area contributed by atoms with Gasteiger partial charge >= 0.3 is 0 Å². The molecule has 0 aliphatic heterocycles. The van der Waals surface area contributed by atoms with Crippen molar-refractivity contribution < 1.29 is 17.6 Å². The van der Waals surface area contributed by atoms with Crippen LogP contribution in [0, 0.1) is 5.92 Å². The largest absolute Gasteiger partial charge is 0.449 e. The lowest BCUT2D eigenvalue weighted by Gasteiger charge is -2.29. The minimum Gasteiger partial charge on any atom is -0.449 e. The van der Waals surface area contributed by atoms with Gasteiger partial charge in [0.25, 0.3) is 0 Å². The zero-order chi connectivity index (χ0) is 23.4. The fourth-order valence-corrected chi connectivity index (χ4v) is 6.77. The molecule has 0 saturated heterocycles. The molecule has 1 aliphatic rings. The van der Waals surface area contributed by atoms with Crippen LogP contribution < -0.4 is 5.32 Å². The lowest BCUT2D eigenvalue weighted by Crippen LogP contribution is -2.35. The summed E-state index contributed by atoms with van der Waals surface area (Å²) in [6.07, 6.45) is 8.53. The maximum absolute atomic E-state index is 13.7. The topological polar surface area (TPSA) is 89.3 Å². The third-order valence-electron chi connectivity index (χ3n) is 6.31. The molecule has 0 spiro atoms. The molecule has 2 unspecified atom stereocenters. The van der Waals surface area contributed by atoms with E-state index in [9.17, 15) is 13.2 Å². The number of carbonyl (C=O) groups excluding carboxylic acids is 1. The zero-order valence-corrected chi connectivity index (χ0v) is 20.8. The predicted octanol–water partition coefficient (Wildman–Crippen LogP) is 5.21. The third kappa shape index (κ3) is 5.55. The second kappa shape index (κ2) is 10.2. The molecule has 3 aromatic rings. The molecule has 2 aromatic carbocycles. The maximum Gasteiger partial charge on any atom is 0.228 e. The van der Waals surface area contributed by atoms with Crippen molar-refractivity contribution in [2.24, 2.45) is 5.92 Å². The van der Waals surface area contributed by atoms with Crippen LogP contribution in [0.15, 0.2) is 74.8 Å². The van der Waals surface area contributed by atoms with Gasteiger partial charge in [-0.1, -0.05) is 49.2 Å². The Morgan fingerprint density at radius 3 is 2.52 bits per heavy atom. The number of hydrogen-bond acceptors (Lipinski definition) is 5. The van der Waals surface area contributed by atoms with E-state index in [0.717, 1.165) is 36.8 Å². The molecule has 4 rings (SSSR count). The Kier molecular flexibility index (Phi) is 7.34. The molecule has 1 saturated carbocycles. The zero-order valence-electron chi connectivity index (χ0n) is 18.4. The van der Waals surface area contributed by atoms with Gasteiger partial charge in [-0.3, -0.25) is 4.79 Å². The van der Waals surface area contributed by atoms with Gasteiger partial charge in [0.2, 0.25) is 5.91 Å². The highest BCUT2D eigenvalue weighted by Crippen LogP contribution is 2.46. The van der Waals surface area contributed by atoms with Crippen molar-refractivity contribution >= 4 is 31.7 Å². The summed E-state index contributed by atoms with van der Waals surface area (Å²) in [4.78, 5) is 18.3. The molecule has 1 N–H and O–H groups in total. The van der Waals surface area contributed by atoms with Crippen molar-refractivity contribution in [3.63, 3.8) is 0 Å². The summed E-state index contributed by atoms with van der Waals surface area (Å²) in [5, 5.41) is 3.09. The van der Waals surface area contributed by atoms with Crippen LogP contribution in [0.4, 0.5) is 0 Å². The molecule has 33 heavy (non-hydrogen) atoms. The smallest absolute Gasteiger partial charge is 0.228 e. The van der Waals surface area contributed by atoms with Gasteiger partial charge in [-0.05, 0) is 57.9 Å². The standard InChI is InChI=1S/C25H27BrN2O4S/c1-33(30,31)21-12-11-19(15-20(21)26)22(24(29)28-16-17-7-3-2-4-8-17)23(18-9-5-6-10-18)25-27-13-14-32-25/h2-4,7-8,11-15,18,22-23H,5-6,9-10,16H2,1H3,(H,28,29). The first kappa shape index (κ1) is 23.7. The minimum absolute atomic E-state index is 0.132. The Balaban J connectivity index is 1.74. The molecule has 0 bridgehead atoms. The van der Waals surface area contributed by atoms with Crippen LogP contribution in [0.25, 0.3) is 0 Å². The number of hydrogen-bond donors (Lipinski definition) is 1. The molecular formula is C25H27BrN2O4S. The van der Waals surface area contributed by atoms with Crippen molar-refractivity contribution in [1.29, 1.82) is 0 Å². The highest BCUT2D eigenvalue weighted by molar-refractivity contribution is 9.10. The van der Waals surface area contributed by atoms with Crippen LogP contribution in [0.3, 0.4) is 0 Å². The summed E-state index contributed by atoms with van der Waals surface area (Å²) in [5.74, 6) is -0.142. The molecule has 2 atom stereocenters. The lowest BCUT2D eigenvalue weighted by molar-refractivity contribution is -0.123. The molecule has 174 valence electrons. The lowest BCUT2D eigenvalue weighted by atomic mass is 9.76. The van der Waals surface area contributed by atoms with Gasteiger partial charge in [0.05, 0.1) is 22.9 Å². The Morgan fingerprint density at radius 2 is 1.91 bits per heavy atom. The number of nitrogens with one attached hydrogen (secondary N) is 1.